The molecule has 0 spiro atoms. The van der Waals surface area contributed by atoms with Crippen LogP contribution >= 0.6 is 27.5 Å². The summed E-state index contributed by atoms with van der Waals surface area (Å²) < 4.78 is 32.1. The van der Waals surface area contributed by atoms with Gasteiger partial charge in [0.05, 0.1) is 29.2 Å². The van der Waals surface area contributed by atoms with E-state index < -0.39 is 15.9 Å². The van der Waals surface area contributed by atoms with Crippen molar-refractivity contribution < 1.29 is 17.6 Å². The smallest absolute Gasteiger partial charge is 0.271 e. The molecule has 0 bridgehead atoms. The van der Waals surface area contributed by atoms with E-state index in [0.29, 0.717) is 33.4 Å². The topological polar surface area (TPSA) is 92.0 Å². The minimum atomic E-state index is -3.58. The highest BCUT2D eigenvalue weighted by Crippen LogP contribution is 2.24. The predicted octanol–water partition coefficient (Wildman–Crippen LogP) is 4.73. The monoisotopic (exact) mass is 523 g/mol. The molecule has 0 radical (unpaired) electrons. The Balaban J connectivity index is 1.73. The Morgan fingerprint density at radius 1 is 1.23 bits per heavy atom. The zero-order valence-corrected chi connectivity index (χ0v) is 19.8. The highest BCUT2D eigenvalue weighted by atomic mass is 79.9. The predicted molar refractivity (Wildman–Crippen MR) is 125 cm³/mol. The third-order valence-electron chi connectivity index (χ3n) is 4.32. The van der Waals surface area contributed by atoms with Crippen molar-refractivity contribution in [3.05, 3.63) is 86.7 Å². The van der Waals surface area contributed by atoms with E-state index in [1.807, 2.05) is 0 Å². The molecule has 0 aliphatic carbocycles. The van der Waals surface area contributed by atoms with E-state index in [4.69, 9.17) is 16.0 Å². The normalized spacial score (nSPS) is 11.6. The van der Waals surface area contributed by atoms with Gasteiger partial charge in [-0.15, -0.1) is 0 Å². The number of furan rings is 1. The van der Waals surface area contributed by atoms with Crippen LogP contribution in [0.4, 0.5) is 5.69 Å². The first-order valence-electron chi connectivity index (χ1n) is 9.05. The molecular weight excluding hydrogens is 506 g/mol. The van der Waals surface area contributed by atoms with Gasteiger partial charge in [0.1, 0.15) is 11.5 Å². The van der Waals surface area contributed by atoms with Gasteiger partial charge in [0.25, 0.3) is 5.91 Å². The van der Waals surface area contributed by atoms with Crippen molar-refractivity contribution in [2.75, 3.05) is 10.6 Å². The van der Waals surface area contributed by atoms with Crippen molar-refractivity contribution >= 4 is 55.4 Å². The van der Waals surface area contributed by atoms with Crippen LogP contribution in [0.25, 0.3) is 0 Å². The Labute approximate surface area is 193 Å². The lowest BCUT2D eigenvalue weighted by Crippen LogP contribution is -2.29. The molecule has 0 saturated carbocycles. The first kappa shape index (κ1) is 23.1. The number of halogens is 2. The van der Waals surface area contributed by atoms with E-state index in [0.717, 1.165) is 10.7 Å². The highest BCUT2D eigenvalue weighted by molar-refractivity contribution is 9.10. The lowest BCUT2D eigenvalue weighted by Gasteiger charge is -2.23. The maximum atomic E-state index is 12.3. The Bertz CT molecular complexity index is 1200. The fraction of sp³-hybridized carbons (Fsp3) is 0.143. The van der Waals surface area contributed by atoms with Gasteiger partial charge in [-0.3, -0.25) is 9.10 Å². The number of aryl methyl sites for hydroxylation is 1. The van der Waals surface area contributed by atoms with Crippen molar-refractivity contribution in [1.29, 1.82) is 0 Å². The van der Waals surface area contributed by atoms with Crippen LogP contribution < -0.4 is 9.73 Å². The molecule has 31 heavy (non-hydrogen) atoms. The zero-order valence-electron chi connectivity index (χ0n) is 16.7. The fourth-order valence-electron chi connectivity index (χ4n) is 2.72. The van der Waals surface area contributed by atoms with Crippen LogP contribution in [0.1, 0.15) is 27.4 Å². The van der Waals surface area contributed by atoms with Gasteiger partial charge in [-0.1, -0.05) is 29.8 Å². The van der Waals surface area contributed by atoms with Gasteiger partial charge >= 0.3 is 0 Å². The SMILES string of the molecule is Cc1oc(/C=N/NC(=O)c2ccc(N(Cc3ccccc3Cl)S(C)(=O)=O)cc2)cc1Br. The van der Waals surface area contributed by atoms with E-state index in [2.05, 4.69) is 26.5 Å². The standard InChI is InChI=1S/C21H19BrClN3O4S/c1-14-19(22)11-18(30-14)12-24-25-21(27)15-7-9-17(10-8-15)26(31(2,28)29)13-16-5-3-4-6-20(16)23/h3-12H,13H2,1-2H3,(H,25,27)/b24-12+. The Hall–Kier alpha value is -2.62. The van der Waals surface area contributed by atoms with Gasteiger partial charge in [0.2, 0.25) is 10.0 Å². The number of nitrogens with zero attached hydrogens (tertiary/aromatic N) is 2. The van der Waals surface area contributed by atoms with Crippen LogP contribution in [-0.2, 0) is 16.6 Å². The summed E-state index contributed by atoms with van der Waals surface area (Å²) in [5.74, 6) is 0.751. The number of nitrogens with one attached hydrogen (secondary N) is 1. The van der Waals surface area contributed by atoms with Gasteiger partial charge in [0.15, 0.2) is 0 Å². The van der Waals surface area contributed by atoms with Crippen molar-refractivity contribution in [3.63, 3.8) is 0 Å². The van der Waals surface area contributed by atoms with Gasteiger partial charge in [-0.25, -0.2) is 13.8 Å². The fourth-order valence-corrected chi connectivity index (χ4v) is 4.10. The molecule has 0 unspecified atom stereocenters. The second kappa shape index (κ2) is 9.67. The summed E-state index contributed by atoms with van der Waals surface area (Å²) in [6, 6.07) is 14.9. The van der Waals surface area contributed by atoms with E-state index in [1.165, 1.54) is 22.7 Å². The molecule has 0 aliphatic rings. The quantitative estimate of drug-likeness (QED) is 0.357. The summed E-state index contributed by atoms with van der Waals surface area (Å²) in [5.41, 5.74) is 3.82. The number of anilines is 1. The molecule has 1 heterocycles. The lowest BCUT2D eigenvalue weighted by molar-refractivity contribution is 0.0955. The molecule has 1 amide bonds. The maximum Gasteiger partial charge on any atom is 0.271 e. The number of carbonyl (C=O) groups excluding carboxylic acids is 1. The molecular formula is C21H19BrClN3O4S. The summed E-state index contributed by atoms with van der Waals surface area (Å²) in [6.07, 6.45) is 2.51. The Morgan fingerprint density at radius 3 is 2.48 bits per heavy atom. The number of hydrogen-bond donors (Lipinski definition) is 1. The van der Waals surface area contributed by atoms with Gasteiger partial charge < -0.3 is 4.42 Å². The second-order valence-corrected chi connectivity index (χ2v) is 9.83. The molecule has 2 aromatic carbocycles. The summed E-state index contributed by atoms with van der Waals surface area (Å²) in [7, 11) is -3.58. The Morgan fingerprint density at radius 2 is 1.90 bits per heavy atom. The molecule has 1 N–H and O–H groups in total. The molecule has 0 aliphatic heterocycles. The number of benzene rings is 2. The first-order valence-corrected chi connectivity index (χ1v) is 12.1. The second-order valence-electron chi connectivity index (χ2n) is 6.66. The number of sulfonamides is 1. The molecule has 1 aromatic heterocycles. The number of amides is 1. The average molecular weight is 525 g/mol. The molecule has 3 aromatic rings. The summed E-state index contributed by atoms with van der Waals surface area (Å²) in [4.78, 5) is 12.3. The molecule has 0 atom stereocenters. The third kappa shape index (κ3) is 5.96. The number of rotatable bonds is 7. The largest absolute Gasteiger partial charge is 0.459 e. The van der Waals surface area contributed by atoms with Crippen LogP contribution in [0.15, 0.2) is 68.6 Å². The first-order chi connectivity index (χ1) is 14.6. The van der Waals surface area contributed by atoms with Gasteiger partial charge in [-0.2, -0.15) is 5.10 Å². The zero-order chi connectivity index (χ0) is 22.6. The highest BCUT2D eigenvalue weighted by Gasteiger charge is 2.19. The van der Waals surface area contributed by atoms with Crippen LogP contribution in [0.5, 0.6) is 0 Å². The third-order valence-corrected chi connectivity index (χ3v) is 6.62. The maximum absolute atomic E-state index is 12.3. The summed E-state index contributed by atoms with van der Waals surface area (Å²) >= 11 is 9.51. The van der Waals surface area contributed by atoms with Crippen molar-refractivity contribution in [2.24, 2.45) is 5.10 Å². The average Bonchev–Trinajstić information content (AvgIpc) is 3.04. The summed E-state index contributed by atoms with van der Waals surface area (Å²) in [6.45, 7) is 1.87. The van der Waals surface area contributed by atoms with Crippen molar-refractivity contribution in [3.8, 4) is 0 Å². The number of carbonyl (C=O) groups is 1. The van der Waals surface area contributed by atoms with Crippen LogP contribution in [-0.4, -0.2) is 26.8 Å². The van der Waals surface area contributed by atoms with E-state index in [9.17, 15) is 13.2 Å². The molecule has 0 fully saturated rings. The summed E-state index contributed by atoms with van der Waals surface area (Å²) in [5, 5.41) is 4.35. The minimum Gasteiger partial charge on any atom is -0.459 e. The van der Waals surface area contributed by atoms with Crippen LogP contribution in [0.3, 0.4) is 0 Å². The van der Waals surface area contributed by atoms with Crippen LogP contribution in [0, 0.1) is 6.92 Å². The molecule has 162 valence electrons. The van der Waals surface area contributed by atoms with Crippen molar-refractivity contribution in [2.45, 2.75) is 13.5 Å². The molecule has 3 rings (SSSR count). The Kier molecular flexibility index (Phi) is 7.19. The van der Waals surface area contributed by atoms with Crippen LogP contribution in [0.2, 0.25) is 5.02 Å². The number of hydrazone groups is 1. The number of hydrogen-bond acceptors (Lipinski definition) is 5. The van der Waals surface area contributed by atoms with E-state index in [-0.39, 0.29) is 6.54 Å². The van der Waals surface area contributed by atoms with Gasteiger partial charge in [0, 0.05) is 16.7 Å². The van der Waals surface area contributed by atoms with Gasteiger partial charge in [-0.05, 0) is 58.7 Å². The lowest BCUT2D eigenvalue weighted by atomic mass is 10.2. The van der Waals surface area contributed by atoms with Crippen molar-refractivity contribution in [1.82, 2.24) is 5.43 Å². The minimum absolute atomic E-state index is 0.0759. The molecule has 10 heteroatoms. The van der Waals surface area contributed by atoms with E-state index in [1.54, 1.807) is 49.4 Å². The molecule has 7 nitrogen and oxygen atoms in total. The van der Waals surface area contributed by atoms with E-state index >= 15 is 0 Å². The molecule has 0 saturated heterocycles.